The van der Waals surface area contributed by atoms with Crippen LogP contribution in [0.25, 0.3) is 0 Å². The van der Waals surface area contributed by atoms with Crippen LogP contribution >= 0.6 is 0 Å². The summed E-state index contributed by atoms with van der Waals surface area (Å²) in [7, 11) is -1.97. The van der Waals surface area contributed by atoms with Crippen LogP contribution in [0.4, 0.5) is 0 Å². The summed E-state index contributed by atoms with van der Waals surface area (Å²) in [4.78, 5) is 11.0. The number of hydrogen-bond donors (Lipinski definition) is 2. The molecule has 25 heavy (non-hydrogen) atoms. The van der Waals surface area contributed by atoms with Crippen LogP contribution in [0.1, 0.15) is 110 Å². The molecule has 0 heterocycles. The molecule has 0 saturated heterocycles. The summed E-state index contributed by atoms with van der Waals surface area (Å²) >= 11 is 0. The van der Waals surface area contributed by atoms with Crippen molar-refractivity contribution in [2.45, 2.75) is 110 Å². The Bertz CT molecular complexity index is 271. The molecule has 0 spiro atoms. The van der Waals surface area contributed by atoms with E-state index in [9.17, 15) is 4.79 Å². The zero-order valence-electron chi connectivity index (χ0n) is 15.8. The van der Waals surface area contributed by atoms with Crippen molar-refractivity contribution in [2.75, 3.05) is 0 Å². The Balaban J connectivity index is -0.00000242. The summed E-state index contributed by atoms with van der Waals surface area (Å²) in [5, 5.41) is 16.9. The maximum absolute atomic E-state index is 11.0. The molecule has 0 aliphatic carbocycles. The standard InChI is InChI=1S/C18H37BO4.Ca.Zn.2H/c1-2-3-4-5-6-7-8-9-10-11-12-13-14-15-16-17-18(20)23-19(21)22;;;;/h21-22H,2-17H2,1H3;;;;. The topological polar surface area (TPSA) is 66.8 Å². The van der Waals surface area contributed by atoms with Crippen LogP contribution in [0.2, 0.25) is 0 Å². The van der Waals surface area contributed by atoms with E-state index in [0.29, 0.717) is 0 Å². The van der Waals surface area contributed by atoms with Gasteiger partial charge in [-0.05, 0) is 6.42 Å². The van der Waals surface area contributed by atoms with Crippen LogP contribution in [0.3, 0.4) is 0 Å². The maximum Gasteiger partial charge on any atom is 0 e. The Kier molecular flexibility index (Phi) is 31.5. The third kappa shape index (κ3) is 27.7. The minimum atomic E-state index is -1.97. The molecule has 7 heteroatoms. The molecule has 0 aromatic rings. The number of carbonyl (C=O) groups excluding carboxylic acids is 1. The Labute approximate surface area is 198 Å². The monoisotopic (exact) mass is 434 g/mol. The van der Waals surface area contributed by atoms with Crippen molar-refractivity contribution in [3.63, 3.8) is 0 Å². The van der Waals surface area contributed by atoms with E-state index in [1.54, 1.807) is 0 Å². The van der Waals surface area contributed by atoms with E-state index in [-0.39, 0.29) is 63.6 Å². The smallest absolute Gasteiger partial charge is 0 e. The first-order chi connectivity index (χ1) is 11.2. The van der Waals surface area contributed by atoms with Gasteiger partial charge < -0.3 is 14.7 Å². The number of unbranched alkanes of at least 4 members (excludes halogenated alkanes) is 14. The molecule has 0 aliphatic heterocycles. The fraction of sp³-hybridized carbons (Fsp3) is 0.944. The molecule has 0 fully saturated rings. The minimum Gasteiger partial charge on any atom is 0 e. The number of rotatable bonds is 17. The second kappa shape index (κ2) is 25.3. The van der Waals surface area contributed by atoms with Gasteiger partial charge in [-0.15, -0.1) is 0 Å². The van der Waals surface area contributed by atoms with Crippen LogP contribution in [0, 0.1) is 0 Å². The van der Waals surface area contributed by atoms with Crippen molar-refractivity contribution < 1.29 is 39.0 Å². The van der Waals surface area contributed by atoms with Crippen molar-refractivity contribution in [2.24, 2.45) is 0 Å². The van der Waals surface area contributed by atoms with Gasteiger partial charge in [-0.25, -0.2) is 0 Å². The number of hydrogen-bond acceptors (Lipinski definition) is 4. The van der Waals surface area contributed by atoms with Crippen molar-refractivity contribution >= 4 is 51.0 Å². The van der Waals surface area contributed by atoms with Crippen LogP contribution in [0.15, 0.2) is 0 Å². The largest absolute Gasteiger partial charge is 0 e. The second-order valence-electron chi connectivity index (χ2n) is 6.52. The van der Waals surface area contributed by atoms with E-state index in [2.05, 4.69) is 11.6 Å². The molecule has 0 saturated carbocycles. The average molecular weight is 436 g/mol. The third-order valence-corrected chi connectivity index (χ3v) is 4.22. The van der Waals surface area contributed by atoms with Crippen molar-refractivity contribution in [3.8, 4) is 0 Å². The first kappa shape index (κ1) is 31.0. The van der Waals surface area contributed by atoms with Gasteiger partial charge in [0.25, 0.3) is 5.97 Å². The summed E-state index contributed by atoms with van der Waals surface area (Å²) in [5.41, 5.74) is 0. The molecule has 0 bridgehead atoms. The Morgan fingerprint density at radius 1 is 0.720 bits per heavy atom. The molecular formula is C18H39BCaO4Zn. The number of carbonyl (C=O) groups is 1. The zero-order valence-corrected chi connectivity index (χ0v) is 18.8. The maximum atomic E-state index is 11.0. The fourth-order valence-electron chi connectivity index (χ4n) is 2.82. The van der Waals surface area contributed by atoms with Gasteiger partial charge in [-0.1, -0.05) is 96.8 Å². The second-order valence-corrected chi connectivity index (χ2v) is 6.52. The Morgan fingerprint density at radius 2 is 1.04 bits per heavy atom. The van der Waals surface area contributed by atoms with Crippen LogP contribution in [-0.4, -0.2) is 61.1 Å². The summed E-state index contributed by atoms with van der Waals surface area (Å²) in [5.74, 6) is -0.533. The fourth-order valence-corrected chi connectivity index (χ4v) is 2.82. The predicted octanol–water partition coefficient (Wildman–Crippen LogP) is 3.84. The van der Waals surface area contributed by atoms with Gasteiger partial charge in [-0.2, -0.15) is 0 Å². The molecule has 0 aromatic heterocycles. The summed E-state index contributed by atoms with van der Waals surface area (Å²) in [6, 6.07) is 0. The first-order valence-electron chi connectivity index (χ1n) is 9.72. The van der Waals surface area contributed by atoms with Crippen LogP contribution < -0.4 is 0 Å². The average Bonchev–Trinajstić information content (AvgIpc) is 2.50. The molecule has 0 radical (unpaired) electrons. The quantitative estimate of drug-likeness (QED) is 0.269. The van der Waals surface area contributed by atoms with Gasteiger partial charge in [0.1, 0.15) is 0 Å². The van der Waals surface area contributed by atoms with E-state index in [0.717, 1.165) is 19.3 Å². The van der Waals surface area contributed by atoms with Gasteiger partial charge in [0.15, 0.2) is 0 Å². The Hall–Kier alpha value is 1.34. The van der Waals surface area contributed by atoms with Crippen molar-refractivity contribution in [1.29, 1.82) is 0 Å². The van der Waals surface area contributed by atoms with Gasteiger partial charge in [-0.3, -0.25) is 4.79 Å². The van der Waals surface area contributed by atoms with E-state index < -0.39 is 13.3 Å². The summed E-state index contributed by atoms with van der Waals surface area (Å²) < 4.78 is 4.24. The van der Waals surface area contributed by atoms with E-state index in [1.165, 1.54) is 77.0 Å². The SMILES string of the molecule is CCCCCCCCCCCCCCCCCC(=O)OB(O)O.[CaH2].[Zn]. The Morgan fingerprint density at radius 3 is 1.36 bits per heavy atom. The first-order valence-corrected chi connectivity index (χ1v) is 9.72. The summed E-state index contributed by atoms with van der Waals surface area (Å²) in [6.07, 6.45) is 19.5. The molecule has 4 nitrogen and oxygen atoms in total. The molecule has 0 aliphatic rings. The molecular weight excluding hydrogens is 396 g/mol. The third-order valence-electron chi connectivity index (χ3n) is 4.22. The van der Waals surface area contributed by atoms with Crippen LogP contribution in [-0.2, 0) is 28.9 Å². The molecule has 0 aromatic carbocycles. The van der Waals surface area contributed by atoms with Crippen molar-refractivity contribution in [1.82, 2.24) is 0 Å². The molecule has 0 rings (SSSR count). The normalized spacial score (nSPS) is 9.88. The summed E-state index contributed by atoms with van der Waals surface area (Å²) in [6.45, 7) is 2.26. The van der Waals surface area contributed by atoms with E-state index in [1.807, 2.05) is 0 Å². The molecule has 142 valence electrons. The predicted molar refractivity (Wildman–Crippen MR) is 104 cm³/mol. The van der Waals surface area contributed by atoms with Gasteiger partial charge in [0, 0.05) is 25.9 Å². The van der Waals surface area contributed by atoms with Gasteiger partial charge in [0.05, 0.1) is 0 Å². The molecule has 0 atom stereocenters. The van der Waals surface area contributed by atoms with E-state index >= 15 is 0 Å². The van der Waals surface area contributed by atoms with Crippen molar-refractivity contribution in [3.05, 3.63) is 0 Å². The van der Waals surface area contributed by atoms with Crippen LogP contribution in [0.5, 0.6) is 0 Å². The van der Waals surface area contributed by atoms with E-state index in [4.69, 9.17) is 10.0 Å². The minimum absolute atomic E-state index is 0. The zero-order chi connectivity index (χ0) is 17.2. The molecule has 0 amide bonds. The molecule has 2 N–H and O–H groups in total. The van der Waals surface area contributed by atoms with Gasteiger partial charge in [0.2, 0.25) is 0 Å². The van der Waals surface area contributed by atoms with Gasteiger partial charge >= 0.3 is 45.1 Å². The molecule has 0 unspecified atom stereocenters.